The molecule has 2 amide bonds. The summed E-state index contributed by atoms with van der Waals surface area (Å²) in [6.07, 6.45) is 0. The van der Waals surface area contributed by atoms with Gasteiger partial charge in [-0.05, 0) is 32.3 Å². The number of carbonyl (C=O) groups excluding carboxylic acids is 1. The lowest BCUT2D eigenvalue weighted by atomic mass is 10.2. The highest BCUT2D eigenvalue weighted by Crippen LogP contribution is 2.18. The quantitative estimate of drug-likeness (QED) is 0.713. The molecular weight excluding hydrogens is 278 g/mol. The molecule has 6 nitrogen and oxygen atoms in total. The van der Waals surface area contributed by atoms with E-state index in [4.69, 9.17) is 5.11 Å². The van der Waals surface area contributed by atoms with Gasteiger partial charge in [-0.1, -0.05) is 6.07 Å². The van der Waals surface area contributed by atoms with E-state index in [1.54, 1.807) is 17.5 Å². The third kappa shape index (κ3) is 5.18. The van der Waals surface area contributed by atoms with Gasteiger partial charge in [0.2, 0.25) is 0 Å². The van der Waals surface area contributed by atoms with Crippen LogP contribution in [0.3, 0.4) is 0 Å². The SMILES string of the molecule is CC(C)N(C)CCNC(=O)NC(C(=O)O)c1cccs1. The van der Waals surface area contributed by atoms with Gasteiger partial charge >= 0.3 is 12.0 Å². The van der Waals surface area contributed by atoms with Gasteiger partial charge in [0.05, 0.1) is 0 Å². The third-order valence-corrected chi connectivity index (χ3v) is 3.92. The Hall–Kier alpha value is -1.60. The number of hydrogen-bond acceptors (Lipinski definition) is 4. The van der Waals surface area contributed by atoms with E-state index in [0.29, 0.717) is 24.0 Å². The first-order chi connectivity index (χ1) is 9.41. The van der Waals surface area contributed by atoms with Crippen molar-refractivity contribution in [2.45, 2.75) is 25.9 Å². The van der Waals surface area contributed by atoms with Crippen LogP contribution in [0, 0.1) is 0 Å². The van der Waals surface area contributed by atoms with Crippen LogP contribution in [-0.2, 0) is 4.79 Å². The second kappa shape index (κ2) is 7.86. The molecule has 0 aliphatic rings. The van der Waals surface area contributed by atoms with Crippen molar-refractivity contribution in [1.82, 2.24) is 15.5 Å². The summed E-state index contributed by atoms with van der Waals surface area (Å²) in [5.74, 6) is -1.07. The molecule has 3 N–H and O–H groups in total. The van der Waals surface area contributed by atoms with Crippen molar-refractivity contribution in [3.05, 3.63) is 22.4 Å². The fourth-order valence-electron chi connectivity index (χ4n) is 1.50. The average Bonchev–Trinajstić information content (AvgIpc) is 2.88. The van der Waals surface area contributed by atoms with Crippen LogP contribution in [-0.4, -0.2) is 48.2 Å². The molecule has 0 spiro atoms. The molecule has 0 bridgehead atoms. The van der Waals surface area contributed by atoms with E-state index in [9.17, 15) is 9.59 Å². The van der Waals surface area contributed by atoms with E-state index in [1.165, 1.54) is 11.3 Å². The summed E-state index contributed by atoms with van der Waals surface area (Å²) in [5.41, 5.74) is 0. The van der Waals surface area contributed by atoms with Gasteiger partial charge in [0.15, 0.2) is 6.04 Å². The van der Waals surface area contributed by atoms with Crippen LogP contribution >= 0.6 is 11.3 Å². The second-order valence-electron chi connectivity index (χ2n) is 4.76. The number of thiophene rings is 1. The van der Waals surface area contributed by atoms with Crippen molar-refractivity contribution >= 4 is 23.3 Å². The zero-order valence-electron chi connectivity index (χ0n) is 11.9. The number of rotatable bonds is 7. The summed E-state index contributed by atoms with van der Waals surface area (Å²) in [6.45, 7) is 5.31. The largest absolute Gasteiger partial charge is 0.479 e. The molecule has 0 aliphatic heterocycles. The van der Waals surface area contributed by atoms with E-state index in [1.807, 2.05) is 7.05 Å². The molecule has 7 heteroatoms. The number of nitrogens with one attached hydrogen (secondary N) is 2. The van der Waals surface area contributed by atoms with Crippen molar-refractivity contribution in [3.8, 4) is 0 Å². The van der Waals surface area contributed by atoms with E-state index < -0.39 is 18.0 Å². The Morgan fingerprint density at radius 1 is 1.45 bits per heavy atom. The molecule has 1 atom stereocenters. The molecule has 0 radical (unpaired) electrons. The number of aliphatic carboxylic acids is 1. The Bertz CT molecular complexity index is 434. The molecule has 0 saturated carbocycles. The fraction of sp³-hybridized carbons (Fsp3) is 0.538. The number of likely N-dealkylation sites (N-methyl/N-ethyl adjacent to an activating group) is 1. The molecule has 0 saturated heterocycles. The lowest BCUT2D eigenvalue weighted by Gasteiger charge is -2.21. The fourth-order valence-corrected chi connectivity index (χ4v) is 2.26. The summed E-state index contributed by atoms with van der Waals surface area (Å²) in [4.78, 5) is 25.6. The molecule has 0 aliphatic carbocycles. The Kier molecular flexibility index (Phi) is 6.47. The van der Waals surface area contributed by atoms with Crippen molar-refractivity contribution in [2.75, 3.05) is 20.1 Å². The highest BCUT2D eigenvalue weighted by molar-refractivity contribution is 7.10. The van der Waals surface area contributed by atoms with Gasteiger partial charge in [-0.15, -0.1) is 11.3 Å². The summed E-state index contributed by atoms with van der Waals surface area (Å²) in [5, 5.41) is 16.0. The number of nitrogens with zero attached hydrogens (tertiary/aromatic N) is 1. The molecule has 0 fully saturated rings. The molecule has 0 aromatic carbocycles. The molecule has 1 unspecified atom stereocenters. The number of urea groups is 1. The topological polar surface area (TPSA) is 81.7 Å². The molecule has 20 heavy (non-hydrogen) atoms. The van der Waals surface area contributed by atoms with Gasteiger partial charge in [0, 0.05) is 24.0 Å². The predicted molar refractivity (Wildman–Crippen MR) is 79.0 cm³/mol. The maximum Gasteiger partial charge on any atom is 0.331 e. The van der Waals surface area contributed by atoms with Crippen LogP contribution < -0.4 is 10.6 Å². The van der Waals surface area contributed by atoms with Gasteiger partial charge < -0.3 is 20.6 Å². The minimum absolute atomic E-state index is 0.401. The van der Waals surface area contributed by atoms with E-state index in [-0.39, 0.29) is 0 Å². The van der Waals surface area contributed by atoms with Crippen LogP contribution in [0.4, 0.5) is 4.79 Å². The predicted octanol–water partition coefficient (Wildman–Crippen LogP) is 1.51. The first kappa shape index (κ1) is 16.5. The van der Waals surface area contributed by atoms with Gasteiger partial charge in [0.25, 0.3) is 0 Å². The van der Waals surface area contributed by atoms with Gasteiger partial charge in [-0.25, -0.2) is 9.59 Å². The average molecular weight is 299 g/mol. The summed E-state index contributed by atoms with van der Waals surface area (Å²) >= 11 is 1.30. The van der Waals surface area contributed by atoms with Crippen molar-refractivity contribution in [3.63, 3.8) is 0 Å². The van der Waals surface area contributed by atoms with Crippen molar-refractivity contribution in [2.24, 2.45) is 0 Å². The standard InChI is InChI=1S/C13H21N3O3S/c1-9(2)16(3)7-6-14-13(19)15-11(12(17)18)10-5-4-8-20-10/h4-5,8-9,11H,6-7H2,1-3H3,(H,17,18)(H2,14,15,19). The molecule has 1 rings (SSSR count). The van der Waals surface area contributed by atoms with Crippen LogP contribution in [0.1, 0.15) is 24.8 Å². The monoisotopic (exact) mass is 299 g/mol. The normalized spacial score (nSPS) is 12.4. The summed E-state index contributed by atoms with van der Waals surface area (Å²) in [6, 6.07) is 2.38. The van der Waals surface area contributed by atoms with E-state index >= 15 is 0 Å². The third-order valence-electron chi connectivity index (χ3n) is 2.98. The second-order valence-corrected chi connectivity index (χ2v) is 5.74. The maximum absolute atomic E-state index is 11.7. The number of carboxylic acid groups (broad SMARTS) is 1. The Balaban J connectivity index is 2.42. The number of carbonyl (C=O) groups is 2. The van der Waals surface area contributed by atoms with Crippen LogP contribution in [0.25, 0.3) is 0 Å². The van der Waals surface area contributed by atoms with Crippen LogP contribution in [0.5, 0.6) is 0 Å². The van der Waals surface area contributed by atoms with E-state index in [2.05, 4.69) is 29.4 Å². The van der Waals surface area contributed by atoms with Crippen LogP contribution in [0.2, 0.25) is 0 Å². The first-order valence-electron chi connectivity index (χ1n) is 6.42. The highest BCUT2D eigenvalue weighted by atomic mass is 32.1. The van der Waals surface area contributed by atoms with E-state index in [0.717, 1.165) is 0 Å². The Labute approximate surface area is 122 Å². The van der Waals surface area contributed by atoms with Crippen molar-refractivity contribution < 1.29 is 14.7 Å². The van der Waals surface area contributed by atoms with Crippen molar-refractivity contribution in [1.29, 1.82) is 0 Å². The number of amides is 2. The highest BCUT2D eigenvalue weighted by Gasteiger charge is 2.22. The zero-order valence-corrected chi connectivity index (χ0v) is 12.7. The number of carboxylic acids is 1. The molecule has 112 valence electrons. The molecule has 1 heterocycles. The lowest BCUT2D eigenvalue weighted by Crippen LogP contribution is -2.43. The minimum atomic E-state index is -1.07. The minimum Gasteiger partial charge on any atom is -0.479 e. The molecular formula is C13H21N3O3S. The summed E-state index contributed by atoms with van der Waals surface area (Å²) < 4.78 is 0. The maximum atomic E-state index is 11.7. The smallest absolute Gasteiger partial charge is 0.331 e. The summed E-state index contributed by atoms with van der Waals surface area (Å²) in [7, 11) is 1.97. The Morgan fingerprint density at radius 2 is 2.15 bits per heavy atom. The molecule has 1 aromatic heterocycles. The molecule has 1 aromatic rings. The lowest BCUT2D eigenvalue weighted by molar-refractivity contribution is -0.139. The Morgan fingerprint density at radius 3 is 2.65 bits per heavy atom. The zero-order chi connectivity index (χ0) is 15.1. The van der Waals surface area contributed by atoms with Gasteiger partial charge in [-0.2, -0.15) is 0 Å². The van der Waals surface area contributed by atoms with Gasteiger partial charge in [0.1, 0.15) is 0 Å². The number of hydrogen-bond donors (Lipinski definition) is 3. The first-order valence-corrected chi connectivity index (χ1v) is 7.30. The van der Waals surface area contributed by atoms with Crippen LogP contribution in [0.15, 0.2) is 17.5 Å². The van der Waals surface area contributed by atoms with Gasteiger partial charge in [-0.3, -0.25) is 0 Å².